The number of hydrogen-bond acceptors (Lipinski definition) is 4. The van der Waals surface area contributed by atoms with Crippen molar-refractivity contribution in [1.29, 1.82) is 0 Å². The van der Waals surface area contributed by atoms with E-state index >= 15 is 0 Å². The molecule has 0 fully saturated rings. The molecule has 0 spiro atoms. The van der Waals surface area contributed by atoms with E-state index in [0.717, 1.165) is 0 Å². The zero-order chi connectivity index (χ0) is 17.5. The van der Waals surface area contributed by atoms with Crippen LogP contribution in [-0.2, 0) is 4.74 Å². The van der Waals surface area contributed by atoms with Crippen LogP contribution in [0.3, 0.4) is 0 Å². The second-order valence-corrected chi connectivity index (χ2v) is 5.92. The van der Waals surface area contributed by atoms with Crippen LogP contribution in [0.25, 0.3) is 5.69 Å². The van der Waals surface area contributed by atoms with Crippen LogP contribution in [0.2, 0.25) is 0 Å². The molecular formula is C17H22FN3O3. The summed E-state index contributed by atoms with van der Waals surface area (Å²) in [6.45, 7) is 4.85. The van der Waals surface area contributed by atoms with Crippen molar-refractivity contribution in [3.63, 3.8) is 0 Å². The van der Waals surface area contributed by atoms with Gasteiger partial charge in [0, 0.05) is 19.3 Å². The molecule has 0 aliphatic heterocycles. The number of aliphatic hydroxyl groups excluding tert-OH is 1. The topological polar surface area (TPSA) is 76.4 Å². The largest absolute Gasteiger partial charge is 0.389 e. The minimum Gasteiger partial charge on any atom is -0.389 e. The minimum atomic E-state index is -0.771. The lowest BCUT2D eigenvalue weighted by atomic mass is 10.2. The Morgan fingerprint density at radius 2 is 2.00 bits per heavy atom. The average Bonchev–Trinajstić information content (AvgIpc) is 3.03. The molecule has 0 saturated heterocycles. The third-order valence-electron chi connectivity index (χ3n) is 3.17. The van der Waals surface area contributed by atoms with E-state index in [0.29, 0.717) is 18.2 Å². The number of halogens is 1. The number of nitrogens with zero attached hydrogens (tertiary/aromatic N) is 2. The van der Waals surface area contributed by atoms with Crippen LogP contribution in [0, 0.1) is 11.7 Å². The maximum Gasteiger partial charge on any atom is 0.271 e. The summed E-state index contributed by atoms with van der Waals surface area (Å²) in [5, 5.41) is 16.5. The lowest BCUT2D eigenvalue weighted by molar-refractivity contribution is 0.0259. The lowest BCUT2D eigenvalue weighted by Crippen LogP contribution is -2.35. The van der Waals surface area contributed by atoms with Crippen molar-refractivity contribution >= 4 is 5.91 Å². The third-order valence-corrected chi connectivity index (χ3v) is 3.17. The molecule has 0 aliphatic rings. The van der Waals surface area contributed by atoms with Gasteiger partial charge < -0.3 is 15.2 Å². The molecular weight excluding hydrogens is 313 g/mol. The van der Waals surface area contributed by atoms with Crippen LogP contribution in [0.1, 0.15) is 24.3 Å². The maximum absolute atomic E-state index is 12.9. The predicted octanol–water partition coefficient (Wildman–Crippen LogP) is 1.77. The summed E-state index contributed by atoms with van der Waals surface area (Å²) in [4.78, 5) is 12.0. The fourth-order valence-electron chi connectivity index (χ4n) is 1.98. The first-order valence-electron chi connectivity index (χ1n) is 7.81. The van der Waals surface area contributed by atoms with Gasteiger partial charge in [0.05, 0.1) is 18.4 Å². The second-order valence-electron chi connectivity index (χ2n) is 5.92. The van der Waals surface area contributed by atoms with Crippen molar-refractivity contribution in [2.75, 3.05) is 19.8 Å². The van der Waals surface area contributed by atoms with Crippen molar-refractivity contribution < 1.29 is 19.0 Å². The van der Waals surface area contributed by atoms with Crippen molar-refractivity contribution in [3.8, 4) is 5.69 Å². The van der Waals surface area contributed by atoms with Crippen LogP contribution in [0.4, 0.5) is 4.39 Å². The summed E-state index contributed by atoms with van der Waals surface area (Å²) in [5.74, 6) is -0.335. The molecule has 0 aliphatic carbocycles. The molecule has 1 heterocycles. The van der Waals surface area contributed by atoms with E-state index in [4.69, 9.17) is 4.74 Å². The third kappa shape index (κ3) is 5.43. The van der Waals surface area contributed by atoms with E-state index in [1.165, 1.54) is 16.8 Å². The van der Waals surface area contributed by atoms with E-state index in [1.54, 1.807) is 24.4 Å². The highest BCUT2D eigenvalue weighted by Crippen LogP contribution is 2.09. The normalized spacial score (nSPS) is 12.4. The monoisotopic (exact) mass is 335 g/mol. The van der Waals surface area contributed by atoms with Gasteiger partial charge in [0.25, 0.3) is 5.91 Å². The van der Waals surface area contributed by atoms with Crippen molar-refractivity contribution in [2.24, 2.45) is 5.92 Å². The fourth-order valence-corrected chi connectivity index (χ4v) is 1.98. The Kier molecular flexibility index (Phi) is 6.45. The number of ether oxygens (including phenoxy) is 1. The van der Waals surface area contributed by atoms with Gasteiger partial charge in [0.2, 0.25) is 0 Å². The van der Waals surface area contributed by atoms with Gasteiger partial charge in [-0.3, -0.25) is 4.79 Å². The van der Waals surface area contributed by atoms with Gasteiger partial charge in [-0.15, -0.1) is 0 Å². The summed E-state index contributed by atoms with van der Waals surface area (Å²) < 4.78 is 19.7. The van der Waals surface area contributed by atoms with Crippen LogP contribution in [-0.4, -0.2) is 46.7 Å². The molecule has 0 radical (unpaired) electrons. The number of nitrogens with one attached hydrogen (secondary N) is 1. The molecule has 1 amide bonds. The smallest absolute Gasteiger partial charge is 0.271 e. The molecule has 1 aromatic carbocycles. The van der Waals surface area contributed by atoms with Crippen molar-refractivity contribution in [2.45, 2.75) is 20.0 Å². The van der Waals surface area contributed by atoms with E-state index < -0.39 is 12.0 Å². The molecule has 7 heteroatoms. The zero-order valence-corrected chi connectivity index (χ0v) is 13.8. The maximum atomic E-state index is 12.9. The molecule has 1 atom stereocenters. The highest BCUT2D eigenvalue weighted by molar-refractivity contribution is 5.92. The molecule has 1 unspecified atom stereocenters. The number of carbonyl (C=O) groups is 1. The van der Waals surface area contributed by atoms with Gasteiger partial charge in [0.1, 0.15) is 5.82 Å². The SMILES string of the molecule is CC(C)COCC(O)CNC(=O)c1ccn(-c2ccc(F)cc2)n1. The van der Waals surface area contributed by atoms with Gasteiger partial charge in [-0.25, -0.2) is 9.07 Å². The number of hydrogen-bond donors (Lipinski definition) is 2. The predicted molar refractivity (Wildman–Crippen MR) is 87.5 cm³/mol. The van der Waals surface area contributed by atoms with E-state index in [2.05, 4.69) is 10.4 Å². The summed E-state index contributed by atoms with van der Waals surface area (Å²) in [6.07, 6.45) is 0.844. The van der Waals surface area contributed by atoms with Gasteiger partial charge in [-0.05, 0) is 36.2 Å². The van der Waals surface area contributed by atoms with Crippen LogP contribution >= 0.6 is 0 Å². The number of rotatable bonds is 8. The average molecular weight is 335 g/mol. The Morgan fingerprint density at radius 3 is 2.67 bits per heavy atom. The molecule has 0 saturated carbocycles. The summed E-state index contributed by atoms with van der Waals surface area (Å²) in [6, 6.07) is 7.34. The van der Waals surface area contributed by atoms with Crippen LogP contribution in [0.15, 0.2) is 36.5 Å². The molecule has 2 aromatic rings. The second kappa shape index (κ2) is 8.56. The van der Waals surface area contributed by atoms with Gasteiger partial charge >= 0.3 is 0 Å². The number of benzene rings is 1. The Hall–Kier alpha value is -2.25. The molecule has 6 nitrogen and oxygen atoms in total. The van der Waals surface area contributed by atoms with Crippen LogP contribution < -0.4 is 5.32 Å². The van der Waals surface area contributed by atoms with Crippen molar-refractivity contribution in [1.82, 2.24) is 15.1 Å². The highest BCUT2D eigenvalue weighted by Gasteiger charge is 2.12. The summed E-state index contributed by atoms with van der Waals surface area (Å²) in [7, 11) is 0. The Morgan fingerprint density at radius 1 is 1.29 bits per heavy atom. The number of amides is 1. The zero-order valence-electron chi connectivity index (χ0n) is 13.8. The summed E-state index contributed by atoms with van der Waals surface area (Å²) >= 11 is 0. The highest BCUT2D eigenvalue weighted by atomic mass is 19.1. The minimum absolute atomic E-state index is 0.0837. The molecule has 24 heavy (non-hydrogen) atoms. The number of carbonyl (C=O) groups excluding carboxylic acids is 1. The molecule has 130 valence electrons. The van der Waals surface area contributed by atoms with E-state index in [-0.39, 0.29) is 24.7 Å². The Balaban J connectivity index is 1.84. The standard InChI is InChI=1S/C17H22FN3O3/c1-12(2)10-24-11-15(22)9-19-17(23)16-7-8-21(20-16)14-5-3-13(18)4-6-14/h3-8,12,15,22H,9-11H2,1-2H3,(H,19,23). The molecule has 2 rings (SSSR count). The van der Waals surface area contributed by atoms with E-state index in [1.807, 2.05) is 13.8 Å². The van der Waals surface area contributed by atoms with E-state index in [9.17, 15) is 14.3 Å². The lowest BCUT2D eigenvalue weighted by Gasteiger charge is -2.13. The Bertz CT molecular complexity index is 655. The number of aliphatic hydroxyl groups is 1. The molecule has 2 N–H and O–H groups in total. The van der Waals surface area contributed by atoms with Gasteiger partial charge in [0.15, 0.2) is 5.69 Å². The Labute approximate surface area is 140 Å². The molecule has 0 bridgehead atoms. The number of aromatic nitrogens is 2. The summed E-state index contributed by atoms with van der Waals surface area (Å²) in [5.41, 5.74) is 0.868. The van der Waals surface area contributed by atoms with Crippen molar-refractivity contribution in [3.05, 3.63) is 48.0 Å². The van der Waals surface area contributed by atoms with Gasteiger partial charge in [-0.2, -0.15) is 5.10 Å². The van der Waals surface area contributed by atoms with Gasteiger partial charge in [-0.1, -0.05) is 13.8 Å². The van der Waals surface area contributed by atoms with Crippen LogP contribution in [0.5, 0.6) is 0 Å². The first-order chi connectivity index (χ1) is 11.5. The first-order valence-corrected chi connectivity index (χ1v) is 7.81. The fraction of sp³-hybridized carbons (Fsp3) is 0.412. The molecule has 1 aromatic heterocycles. The quantitative estimate of drug-likeness (QED) is 0.771. The first kappa shape index (κ1) is 18.1.